The Morgan fingerprint density at radius 2 is 2.14 bits per heavy atom. The topological polar surface area (TPSA) is 85.2 Å². The molecule has 1 amide bonds. The van der Waals surface area contributed by atoms with Crippen molar-refractivity contribution in [2.75, 3.05) is 13.6 Å². The number of carbonyl (C=O) groups is 1. The van der Waals surface area contributed by atoms with Gasteiger partial charge in [-0.15, -0.1) is 5.10 Å². The molecular weight excluding hydrogens is 356 g/mol. The first-order chi connectivity index (χ1) is 13.6. The first-order valence-electron chi connectivity index (χ1n) is 10.0. The summed E-state index contributed by atoms with van der Waals surface area (Å²) in [5.74, 6) is 1.86. The smallest absolute Gasteiger partial charge is 0.224 e. The lowest BCUT2D eigenvalue weighted by Crippen LogP contribution is -2.51. The van der Waals surface area contributed by atoms with Crippen molar-refractivity contribution in [3.05, 3.63) is 35.7 Å². The third-order valence-corrected chi connectivity index (χ3v) is 6.12. The van der Waals surface area contributed by atoms with E-state index in [-0.39, 0.29) is 17.6 Å². The summed E-state index contributed by atoms with van der Waals surface area (Å²) in [4.78, 5) is 14.5. The lowest BCUT2D eigenvalue weighted by atomic mass is 9.81. The van der Waals surface area contributed by atoms with Crippen LogP contribution in [-0.4, -0.2) is 56.2 Å². The summed E-state index contributed by atoms with van der Waals surface area (Å²) in [6.45, 7) is 4.05. The Morgan fingerprint density at radius 3 is 2.89 bits per heavy atom. The number of tetrazole rings is 1. The number of nitrogens with zero attached hydrogens (tertiary/aromatic N) is 5. The standard InChI is InChI=1S/C20H28N6O2/c1-15-22-23-24-26(15)12-9-19(27)25(2)17-7-10-20(11-8-17)14-21-13-16-5-3-4-6-18(16)28-20/h3-6,17,21H,7-14H2,1-2H3. The monoisotopic (exact) mass is 384 g/mol. The van der Waals surface area contributed by atoms with Crippen LogP contribution < -0.4 is 10.1 Å². The Bertz CT molecular complexity index is 828. The number of carbonyl (C=O) groups excluding carboxylic acids is 1. The van der Waals surface area contributed by atoms with Gasteiger partial charge in [0, 0.05) is 38.2 Å². The molecular formula is C20H28N6O2. The van der Waals surface area contributed by atoms with Gasteiger partial charge in [-0.1, -0.05) is 18.2 Å². The first-order valence-corrected chi connectivity index (χ1v) is 10.0. The molecule has 2 heterocycles. The van der Waals surface area contributed by atoms with Crippen LogP contribution in [0.25, 0.3) is 0 Å². The average molecular weight is 384 g/mol. The number of amides is 1. The zero-order chi connectivity index (χ0) is 19.6. The Kier molecular flexibility index (Phi) is 5.30. The van der Waals surface area contributed by atoms with Gasteiger partial charge in [-0.25, -0.2) is 4.68 Å². The Morgan fingerprint density at radius 1 is 1.36 bits per heavy atom. The average Bonchev–Trinajstić information content (AvgIpc) is 3.03. The predicted molar refractivity (Wildman–Crippen MR) is 104 cm³/mol. The summed E-state index contributed by atoms with van der Waals surface area (Å²) in [6, 6.07) is 8.52. The Hall–Kier alpha value is -2.48. The molecule has 0 unspecified atom stereocenters. The van der Waals surface area contributed by atoms with Crippen LogP contribution in [0, 0.1) is 6.92 Å². The fourth-order valence-electron chi connectivity index (χ4n) is 4.28. The normalized spacial score (nSPS) is 24.3. The fraction of sp³-hybridized carbons (Fsp3) is 0.600. The maximum Gasteiger partial charge on any atom is 0.224 e. The minimum atomic E-state index is -0.170. The van der Waals surface area contributed by atoms with Gasteiger partial charge >= 0.3 is 0 Å². The Balaban J connectivity index is 1.33. The molecule has 0 saturated heterocycles. The number of rotatable bonds is 4. The minimum absolute atomic E-state index is 0.140. The van der Waals surface area contributed by atoms with Gasteiger partial charge in [-0.05, 0) is 49.1 Å². The van der Waals surface area contributed by atoms with Gasteiger partial charge in [-0.2, -0.15) is 0 Å². The van der Waals surface area contributed by atoms with Crippen molar-refractivity contribution in [3.8, 4) is 5.75 Å². The highest BCUT2D eigenvalue weighted by molar-refractivity contribution is 5.76. The van der Waals surface area contributed by atoms with Gasteiger partial charge in [0.15, 0.2) is 0 Å². The molecule has 28 heavy (non-hydrogen) atoms. The van der Waals surface area contributed by atoms with E-state index in [2.05, 4.69) is 39.0 Å². The van der Waals surface area contributed by atoms with Crippen LogP contribution in [0.2, 0.25) is 0 Å². The quantitative estimate of drug-likeness (QED) is 0.864. The number of ether oxygens (including phenoxy) is 1. The van der Waals surface area contributed by atoms with E-state index in [0.717, 1.165) is 50.3 Å². The van der Waals surface area contributed by atoms with Gasteiger partial charge in [-0.3, -0.25) is 4.79 Å². The fourth-order valence-corrected chi connectivity index (χ4v) is 4.28. The molecule has 1 N–H and O–H groups in total. The van der Waals surface area contributed by atoms with E-state index in [1.54, 1.807) is 4.68 Å². The lowest BCUT2D eigenvalue weighted by Gasteiger charge is -2.42. The van der Waals surface area contributed by atoms with Crippen molar-refractivity contribution >= 4 is 5.91 Å². The molecule has 1 saturated carbocycles. The van der Waals surface area contributed by atoms with E-state index in [4.69, 9.17) is 4.74 Å². The van der Waals surface area contributed by atoms with Crippen molar-refractivity contribution in [1.29, 1.82) is 0 Å². The number of hydrogen-bond donors (Lipinski definition) is 1. The van der Waals surface area contributed by atoms with Gasteiger partial charge in [0.25, 0.3) is 0 Å². The number of benzene rings is 1. The van der Waals surface area contributed by atoms with Crippen molar-refractivity contribution in [1.82, 2.24) is 30.4 Å². The van der Waals surface area contributed by atoms with Crippen molar-refractivity contribution in [3.63, 3.8) is 0 Å². The molecule has 1 aromatic heterocycles. The largest absolute Gasteiger partial charge is 0.486 e. The van der Waals surface area contributed by atoms with Crippen LogP contribution >= 0.6 is 0 Å². The zero-order valence-electron chi connectivity index (χ0n) is 16.6. The van der Waals surface area contributed by atoms with E-state index < -0.39 is 0 Å². The third-order valence-electron chi connectivity index (χ3n) is 6.12. The summed E-state index contributed by atoms with van der Waals surface area (Å²) >= 11 is 0. The van der Waals surface area contributed by atoms with Gasteiger partial charge in [0.05, 0.1) is 6.54 Å². The summed E-state index contributed by atoms with van der Waals surface area (Å²) in [5.41, 5.74) is 1.04. The van der Waals surface area contributed by atoms with Crippen molar-refractivity contribution in [2.45, 2.75) is 63.8 Å². The van der Waals surface area contributed by atoms with Crippen LogP contribution in [0.15, 0.2) is 24.3 Å². The second kappa shape index (κ2) is 7.87. The van der Waals surface area contributed by atoms with E-state index in [1.807, 2.05) is 24.9 Å². The first kappa shape index (κ1) is 18.9. The molecule has 8 heteroatoms. The number of para-hydroxylation sites is 1. The second-order valence-corrected chi connectivity index (χ2v) is 7.93. The Labute approximate surface area is 165 Å². The second-order valence-electron chi connectivity index (χ2n) is 7.93. The van der Waals surface area contributed by atoms with Crippen LogP contribution in [-0.2, 0) is 17.9 Å². The lowest BCUT2D eigenvalue weighted by molar-refractivity contribution is -0.133. The SMILES string of the molecule is Cc1nnnn1CCC(=O)N(C)C1CCC2(CC1)CNCc1ccccc1O2. The molecule has 2 aromatic rings. The summed E-state index contributed by atoms with van der Waals surface area (Å²) in [6.07, 6.45) is 4.22. The highest BCUT2D eigenvalue weighted by Gasteiger charge is 2.40. The van der Waals surface area contributed by atoms with Crippen molar-refractivity contribution < 1.29 is 9.53 Å². The van der Waals surface area contributed by atoms with Gasteiger partial charge in [0.2, 0.25) is 5.91 Å². The predicted octanol–water partition coefficient (Wildman–Crippen LogP) is 1.69. The number of aryl methyl sites for hydroxylation is 2. The van der Waals surface area contributed by atoms with E-state index in [1.165, 1.54) is 5.56 Å². The molecule has 0 atom stereocenters. The highest BCUT2D eigenvalue weighted by Crippen LogP contribution is 2.37. The number of nitrogens with one attached hydrogen (secondary N) is 1. The minimum Gasteiger partial charge on any atom is -0.486 e. The molecule has 4 rings (SSSR count). The maximum absolute atomic E-state index is 12.6. The molecule has 1 fully saturated rings. The van der Waals surface area contributed by atoms with E-state index in [0.29, 0.717) is 13.0 Å². The molecule has 0 bridgehead atoms. The van der Waals surface area contributed by atoms with Gasteiger partial charge < -0.3 is 15.0 Å². The molecule has 1 spiro atoms. The summed E-state index contributed by atoms with van der Waals surface area (Å²) < 4.78 is 8.16. The molecule has 1 aliphatic carbocycles. The number of hydrogen-bond acceptors (Lipinski definition) is 6. The molecule has 150 valence electrons. The summed E-state index contributed by atoms with van der Waals surface area (Å²) in [5, 5.41) is 14.9. The van der Waals surface area contributed by atoms with Crippen LogP contribution in [0.5, 0.6) is 5.75 Å². The molecule has 1 aromatic carbocycles. The molecule has 1 aliphatic heterocycles. The molecule has 0 radical (unpaired) electrons. The van der Waals surface area contributed by atoms with E-state index >= 15 is 0 Å². The summed E-state index contributed by atoms with van der Waals surface area (Å²) in [7, 11) is 1.92. The number of fused-ring (bicyclic) bond motifs is 1. The highest BCUT2D eigenvalue weighted by atomic mass is 16.5. The molecule has 2 aliphatic rings. The van der Waals surface area contributed by atoms with Crippen molar-refractivity contribution in [2.24, 2.45) is 0 Å². The zero-order valence-corrected chi connectivity index (χ0v) is 16.6. The third kappa shape index (κ3) is 3.87. The van der Waals surface area contributed by atoms with Crippen LogP contribution in [0.4, 0.5) is 0 Å². The van der Waals surface area contributed by atoms with E-state index in [9.17, 15) is 4.79 Å². The van der Waals surface area contributed by atoms with Crippen LogP contribution in [0.1, 0.15) is 43.5 Å². The van der Waals surface area contributed by atoms with Gasteiger partial charge in [0.1, 0.15) is 17.2 Å². The van der Waals surface area contributed by atoms with Crippen LogP contribution in [0.3, 0.4) is 0 Å². The molecule has 8 nitrogen and oxygen atoms in total. The maximum atomic E-state index is 12.6. The number of aromatic nitrogens is 4.